The fraction of sp³-hybridized carbons (Fsp3) is 0.417. The monoisotopic (exact) mass is 329 g/mol. The van der Waals surface area contributed by atoms with Crippen LogP contribution >= 0.6 is 22.6 Å². The van der Waals surface area contributed by atoms with Crippen LogP contribution < -0.4 is 5.73 Å². The van der Waals surface area contributed by atoms with Crippen LogP contribution in [0.5, 0.6) is 0 Å². The van der Waals surface area contributed by atoms with E-state index in [1.165, 1.54) is 3.57 Å². The number of rotatable bonds is 2. The quantitative estimate of drug-likeness (QED) is 0.859. The third-order valence-corrected chi connectivity index (χ3v) is 3.78. The Morgan fingerprint density at radius 1 is 1.44 bits per heavy atom. The number of hydrogen-bond acceptors (Lipinski definition) is 2. The number of hydrogen-bond donors (Lipinski definition) is 1. The molecule has 0 unspecified atom stereocenters. The Morgan fingerprint density at radius 2 is 2.12 bits per heavy atom. The molecule has 0 saturated heterocycles. The van der Waals surface area contributed by atoms with Gasteiger partial charge in [0.05, 0.1) is 11.0 Å². The second-order valence-electron chi connectivity index (χ2n) is 4.60. The molecule has 1 aromatic heterocycles. The first-order valence-corrected chi connectivity index (χ1v) is 6.47. The van der Waals surface area contributed by atoms with E-state index in [9.17, 15) is 0 Å². The Kier molecular flexibility index (Phi) is 2.86. The molecular formula is C12H16IN3. The second-order valence-corrected chi connectivity index (χ2v) is 5.85. The molecule has 0 saturated carbocycles. The van der Waals surface area contributed by atoms with Crippen LogP contribution in [0.2, 0.25) is 0 Å². The van der Waals surface area contributed by atoms with E-state index in [1.54, 1.807) is 0 Å². The predicted octanol–water partition coefficient (Wildman–Crippen LogP) is 3.37. The van der Waals surface area contributed by atoms with Crippen molar-refractivity contribution in [3.8, 4) is 0 Å². The van der Waals surface area contributed by atoms with Gasteiger partial charge in [0.25, 0.3) is 0 Å². The zero-order valence-electron chi connectivity index (χ0n) is 9.79. The summed E-state index contributed by atoms with van der Waals surface area (Å²) in [6, 6.07) is 6.25. The first-order chi connectivity index (χ1) is 7.45. The van der Waals surface area contributed by atoms with Crippen molar-refractivity contribution in [2.24, 2.45) is 0 Å². The number of nitrogens with two attached hydrogens (primary N) is 1. The van der Waals surface area contributed by atoms with Gasteiger partial charge >= 0.3 is 0 Å². The standard InChI is InChI=1S/C12H16IN3/c1-4-12(2,3)16-10-6-5-8(13)7-9(10)15-11(16)14/h5-7H,4H2,1-3H3,(H2,14,15). The summed E-state index contributed by atoms with van der Waals surface area (Å²) in [5, 5.41) is 0. The van der Waals surface area contributed by atoms with Crippen LogP contribution in [-0.4, -0.2) is 9.55 Å². The number of fused-ring (bicyclic) bond motifs is 1. The highest BCUT2D eigenvalue weighted by Gasteiger charge is 2.23. The smallest absolute Gasteiger partial charge is 0.201 e. The lowest BCUT2D eigenvalue weighted by molar-refractivity contribution is 0.357. The van der Waals surface area contributed by atoms with Crippen molar-refractivity contribution >= 4 is 39.6 Å². The number of halogens is 1. The van der Waals surface area contributed by atoms with E-state index in [-0.39, 0.29) is 5.54 Å². The van der Waals surface area contributed by atoms with Gasteiger partial charge < -0.3 is 10.3 Å². The minimum Gasteiger partial charge on any atom is -0.369 e. The van der Waals surface area contributed by atoms with Gasteiger partial charge in [0, 0.05) is 9.11 Å². The summed E-state index contributed by atoms with van der Waals surface area (Å²) >= 11 is 2.29. The van der Waals surface area contributed by atoms with E-state index in [4.69, 9.17) is 5.73 Å². The van der Waals surface area contributed by atoms with Crippen molar-refractivity contribution in [3.05, 3.63) is 21.8 Å². The summed E-state index contributed by atoms with van der Waals surface area (Å²) in [7, 11) is 0. The van der Waals surface area contributed by atoms with Gasteiger partial charge in [0.1, 0.15) is 0 Å². The molecule has 2 aromatic rings. The van der Waals surface area contributed by atoms with Gasteiger partial charge in [-0.1, -0.05) is 6.92 Å². The van der Waals surface area contributed by atoms with Crippen molar-refractivity contribution in [1.29, 1.82) is 0 Å². The SMILES string of the molecule is CCC(C)(C)n1c(N)nc2cc(I)ccc21. The number of imidazole rings is 1. The third kappa shape index (κ3) is 1.79. The molecule has 86 valence electrons. The average Bonchev–Trinajstić information content (AvgIpc) is 2.53. The highest BCUT2D eigenvalue weighted by Crippen LogP contribution is 2.29. The highest BCUT2D eigenvalue weighted by molar-refractivity contribution is 14.1. The summed E-state index contributed by atoms with van der Waals surface area (Å²) < 4.78 is 3.31. The lowest BCUT2D eigenvalue weighted by Crippen LogP contribution is -2.26. The van der Waals surface area contributed by atoms with Gasteiger partial charge in [-0.25, -0.2) is 4.98 Å². The van der Waals surface area contributed by atoms with Crippen LogP contribution in [0, 0.1) is 3.57 Å². The molecule has 2 N–H and O–H groups in total. The lowest BCUT2D eigenvalue weighted by atomic mass is 10.0. The van der Waals surface area contributed by atoms with Crippen LogP contribution in [0.4, 0.5) is 5.95 Å². The molecular weight excluding hydrogens is 313 g/mol. The van der Waals surface area contributed by atoms with Crippen molar-refractivity contribution < 1.29 is 0 Å². The molecule has 0 aliphatic carbocycles. The minimum absolute atomic E-state index is 0.00558. The molecule has 4 heteroatoms. The normalized spacial score (nSPS) is 12.2. The summed E-state index contributed by atoms with van der Waals surface area (Å²) in [4.78, 5) is 4.42. The summed E-state index contributed by atoms with van der Waals surface area (Å²) in [5.74, 6) is 0.601. The molecule has 0 bridgehead atoms. The summed E-state index contributed by atoms with van der Waals surface area (Å²) in [6.45, 7) is 6.53. The Balaban J connectivity index is 2.74. The van der Waals surface area contributed by atoms with Crippen LogP contribution in [-0.2, 0) is 5.54 Å². The van der Waals surface area contributed by atoms with Gasteiger partial charge in [-0.05, 0) is 61.1 Å². The second kappa shape index (κ2) is 3.91. The zero-order chi connectivity index (χ0) is 11.9. The van der Waals surface area contributed by atoms with Crippen LogP contribution in [0.25, 0.3) is 11.0 Å². The Hall–Kier alpha value is -0.780. The lowest BCUT2D eigenvalue weighted by Gasteiger charge is -2.26. The first-order valence-electron chi connectivity index (χ1n) is 5.39. The van der Waals surface area contributed by atoms with Gasteiger partial charge in [0.15, 0.2) is 0 Å². The predicted molar refractivity (Wildman–Crippen MR) is 76.5 cm³/mol. The largest absolute Gasteiger partial charge is 0.369 e. The number of nitrogens with zero attached hydrogens (tertiary/aromatic N) is 2. The fourth-order valence-electron chi connectivity index (χ4n) is 1.87. The van der Waals surface area contributed by atoms with E-state index in [2.05, 4.69) is 71.1 Å². The van der Waals surface area contributed by atoms with E-state index < -0.39 is 0 Å². The molecule has 0 fully saturated rings. The maximum Gasteiger partial charge on any atom is 0.201 e. The minimum atomic E-state index is 0.00558. The Labute approximate surface area is 109 Å². The molecule has 0 aliphatic heterocycles. The van der Waals surface area contributed by atoms with E-state index in [0.29, 0.717) is 5.95 Å². The Morgan fingerprint density at radius 3 is 2.75 bits per heavy atom. The molecule has 0 radical (unpaired) electrons. The molecule has 0 spiro atoms. The number of anilines is 1. The van der Waals surface area contributed by atoms with Crippen molar-refractivity contribution in [1.82, 2.24) is 9.55 Å². The maximum atomic E-state index is 6.01. The van der Waals surface area contributed by atoms with E-state index in [1.807, 2.05) is 0 Å². The molecule has 1 heterocycles. The topological polar surface area (TPSA) is 43.8 Å². The molecule has 0 amide bonds. The van der Waals surface area contributed by atoms with Gasteiger partial charge in [-0.2, -0.15) is 0 Å². The van der Waals surface area contributed by atoms with Gasteiger partial charge in [-0.15, -0.1) is 0 Å². The number of nitrogen functional groups attached to an aromatic ring is 1. The average molecular weight is 329 g/mol. The Bertz CT molecular complexity index is 528. The first kappa shape index (κ1) is 11.7. The molecule has 1 aromatic carbocycles. The summed E-state index contributed by atoms with van der Waals surface area (Å²) in [6.07, 6.45) is 1.02. The van der Waals surface area contributed by atoms with Crippen LogP contribution in [0.3, 0.4) is 0 Å². The molecule has 2 rings (SSSR count). The van der Waals surface area contributed by atoms with Crippen LogP contribution in [0.1, 0.15) is 27.2 Å². The molecule has 3 nitrogen and oxygen atoms in total. The highest BCUT2D eigenvalue weighted by atomic mass is 127. The van der Waals surface area contributed by atoms with Crippen molar-refractivity contribution in [2.45, 2.75) is 32.7 Å². The fourth-order valence-corrected chi connectivity index (χ4v) is 2.34. The van der Waals surface area contributed by atoms with Crippen molar-refractivity contribution in [3.63, 3.8) is 0 Å². The summed E-state index contributed by atoms with van der Waals surface area (Å²) in [5.41, 5.74) is 8.11. The maximum absolute atomic E-state index is 6.01. The van der Waals surface area contributed by atoms with Crippen molar-refractivity contribution in [2.75, 3.05) is 5.73 Å². The van der Waals surface area contributed by atoms with E-state index in [0.717, 1.165) is 17.5 Å². The van der Waals surface area contributed by atoms with E-state index >= 15 is 0 Å². The molecule has 0 atom stereocenters. The van der Waals surface area contributed by atoms with Crippen LogP contribution in [0.15, 0.2) is 18.2 Å². The number of aromatic nitrogens is 2. The molecule has 16 heavy (non-hydrogen) atoms. The van der Waals surface area contributed by atoms with Gasteiger partial charge in [-0.3, -0.25) is 0 Å². The third-order valence-electron chi connectivity index (χ3n) is 3.11. The van der Waals surface area contributed by atoms with Gasteiger partial charge in [0.2, 0.25) is 5.95 Å². The number of benzene rings is 1. The molecule has 0 aliphatic rings. The zero-order valence-corrected chi connectivity index (χ0v) is 11.9.